The van der Waals surface area contributed by atoms with Crippen molar-refractivity contribution < 1.29 is 18.0 Å². The average molecular weight is 488 g/mol. The lowest BCUT2D eigenvalue weighted by atomic mass is 10.2. The van der Waals surface area contributed by atoms with Crippen LogP contribution in [0.25, 0.3) is 5.69 Å². The van der Waals surface area contributed by atoms with Crippen molar-refractivity contribution in [3.05, 3.63) is 105 Å². The first-order valence-electron chi connectivity index (χ1n) is 9.99. The normalized spacial score (nSPS) is 11.4. The number of nitrogens with zero attached hydrogens (tertiary/aromatic N) is 4. The third-order valence-electron chi connectivity index (χ3n) is 4.85. The van der Waals surface area contributed by atoms with Crippen LogP contribution in [0, 0.1) is 6.92 Å². The summed E-state index contributed by atoms with van der Waals surface area (Å²) in [6.45, 7) is 1.78. The number of amides is 1. The summed E-state index contributed by atoms with van der Waals surface area (Å²) in [6.07, 6.45) is -4.58. The van der Waals surface area contributed by atoms with Gasteiger partial charge in [-0.3, -0.25) is 9.59 Å². The van der Waals surface area contributed by atoms with E-state index in [4.69, 9.17) is 11.6 Å². The van der Waals surface area contributed by atoms with Gasteiger partial charge in [0.25, 0.3) is 11.5 Å². The molecule has 0 saturated carbocycles. The highest BCUT2D eigenvalue weighted by atomic mass is 35.5. The molecule has 0 fully saturated rings. The van der Waals surface area contributed by atoms with Crippen LogP contribution in [-0.2, 0) is 12.7 Å². The molecule has 11 heteroatoms. The van der Waals surface area contributed by atoms with Gasteiger partial charge in [0.2, 0.25) is 0 Å². The quantitative estimate of drug-likeness (QED) is 0.442. The number of nitrogens with one attached hydrogen (secondary N) is 1. The number of rotatable bonds is 5. The van der Waals surface area contributed by atoms with E-state index in [1.807, 2.05) is 30.3 Å². The molecule has 2 aromatic carbocycles. The lowest BCUT2D eigenvalue weighted by molar-refractivity contribution is -0.137. The van der Waals surface area contributed by atoms with E-state index < -0.39 is 23.2 Å². The van der Waals surface area contributed by atoms with E-state index in [0.717, 1.165) is 33.1 Å². The SMILES string of the molecule is Cc1cc(NC(=O)c2ccc(=O)n(Cc3ccccc3)n2)n(-c2cc(C(F)(F)F)ccc2Cl)n1. The molecule has 0 aliphatic heterocycles. The molecule has 0 radical (unpaired) electrons. The number of anilines is 1. The van der Waals surface area contributed by atoms with Crippen molar-refractivity contribution >= 4 is 23.3 Å². The fourth-order valence-electron chi connectivity index (χ4n) is 3.24. The minimum absolute atomic E-state index is 0.0149. The van der Waals surface area contributed by atoms with E-state index in [1.165, 1.54) is 18.2 Å². The molecule has 174 valence electrons. The Labute approximate surface area is 196 Å². The Morgan fingerprint density at radius 1 is 1.03 bits per heavy atom. The predicted octanol–water partition coefficient (Wildman–Crippen LogP) is 4.71. The fourth-order valence-corrected chi connectivity index (χ4v) is 3.44. The summed E-state index contributed by atoms with van der Waals surface area (Å²) in [7, 11) is 0. The standard InChI is InChI=1S/C23H17ClF3N5O2/c1-14-11-20(32(29-14)19-12-16(23(25,26)27)7-8-17(19)24)28-22(34)18-9-10-21(33)31(30-18)13-15-5-3-2-4-6-15/h2-12H,13H2,1H3,(H,28,34). The first-order chi connectivity index (χ1) is 16.1. The van der Waals surface area contributed by atoms with E-state index in [2.05, 4.69) is 15.5 Å². The van der Waals surface area contributed by atoms with Gasteiger partial charge >= 0.3 is 6.18 Å². The minimum Gasteiger partial charge on any atom is -0.305 e. The second-order valence-electron chi connectivity index (χ2n) is 7.40. The summed E-state index contributed by atoms with van der Waals surface area (Å²) in [5, 5.41) is 10.9. The molecule has 2 aromatic heterocycles. The summed E-state index contributed by atoms with van der Waals surface area (Å²) in [6, 6.07) is 15.9. The van der Waals surface area contributed by atoms with Crippen molar-refractivity contribution in [3.63, 3.8) is 0 Å². The Morgan fingerprint density at radius 3 is 2.47 bits per heavy atom. The van der Waals surface area contributed by atoms with Gasteiger partial charge in [0.15, 0.2) is 0 Å². The maximum atomic E-state index is 13.2. The van der Waals surface area contributed by atoms with E-state index in [1.54, 1.807) is 6.92 Å². The van der Waals surface area contributed by atoms with Crippen LogP contribution >= 0.6 is 11.6 Å². The molecule has 0 bridgehead atoms. The van der Waals surface area contributed by atoms with Crippen molar-refractivity contribution in [2.24, 2.45) is 0 Å². The van der Waals surface area contributed by atoms with Crippen LogP contribution < -0.4 is 10.9 Å². The first kappa shape index (κ1) is 23.2. The number of benzene rings is 2. The molecular weight excluding hydrogens is 471 g/mol. The molecule has 0 spiro atoms. The summed E-state index contributed by atoms with van der Waals surface area (Å²) in [5.74, 6) is -0.586. The molecule has 1 N–H and O–H groups in total. The molecule has 0 unspecified atom stereocenters. The second kappa shape index (κ2) is 9.14. The molecule has 1 amide bonds. The summed E-state index contributed by atoms with van der Waals surface area (Å²) in [5.41, 5.74) is -0.157. The number of hydrogen-bond donors (Lipinski definition) is 1. The van der Waals surface area contributed by atoms with Crippen molar-refractivity contribution in [3.8, 4) is 5.69 Å². The summed E-state index contributed by atoms with van der Waals surface area (Å²) >= 11 is 6.14. The molecule has 0 aliphatic rings. The fraction of sp³-hybridized carbons (Fsp3) is 0.130. The Balaban J connectivity index is 1.65. The zero-order valence-corrected chi connectivity index (χ0v) is 18.4. The monoisotopic (exact) mass is 487 g/mol. The lowest BCUT2D eigenvalue weighted by Gasteiger charge is -2.13. The van der Waals surface area contributed by atoms with E-state index in [9.17, 15) is 22.8 Å². The number of carbonyl (C=O) groups is 1. The van der Waals surface area contributed by atoms with Crippen molar-refractivity contribution in [1.82, 2.24) is 19.6 Å². The number of halogens is 4. The Morgan fingerprint density at radius 2 is 1.76 bits per heavy atom. The van der Waals surface area contributed by atoms with Gasteiger partial charge in [0.1, 0.15) is 11.5 Å². The van der Waals surface area contributed by atoms with Gasteiger partial charge in [-0.15, -0.1) is 0 Å². The first-order valence-corrected chi connectivity index (χ1v) is 10.4. The van der Waals surface area contributed by atoms with Gasteiger partial charge < -0.3 is 5.32 Å². The largest absolute Gasteiger partial charge is 0.416 e. The number of carbonyl (C=O) groups excluding carboxylic acids is 1. The predicted molar refractivity (Wildman–Crippen MR) is 120 cm³/mol. The number of alkyl halides is 3. The van der Waals surface area contributed by atoms with Crippen LogP contribution in [0.15, 0.2) is 71.5 Å². The topological polar surface area (TPSA) is 81.8 Å². The molecular formula is C23H17ClF3N5O2. The van der Waals surface area contributed by atoms with E-state index >= 15 is 0 Å². The molecule has 0 atom stereocenters. The van der Waals surface area contributed by atoms with Crippen molar-refractivity contribution in [2.75, 3.05) is 5.32 Å². The molecule has 4 aromatic rings. The van der Waals surface area contributed by atoms with Gasteiger partial charge in [-0.1, -0.05) is 41.9 Å². The minimum atomic E-state index is -4.58. The smallest absolute Gasteiger partial charge is 0.305 e. The van der Waals surface area contributed by atoms with Gasteiger partial charge in [0, 0.05) is 12.1 Å². The highest BCUT2D eigenvalue weighted by Gasteiger charge is 2.31. The maximum absolute atomic E-state index is 13.2. The van der Waals surface area contributed by atoms with Gasteiger partial charge in [-0.05, 0) is 36.8 Å². The number of aryl methyl sites for hydroxylation is 1. The number of aromatic nitrogens is 4. The van der Waals surface area contributed by atoms with Crippen LogP contribution in [0.4, 0.5) is 19.0 Å². The van der Waals surface area contributed by atoms with Crippen LogP contribution in [-0.4, -0.2) is 25.5 Å². The highest BCUT2D eigenvalue weighted by Crippen LogP contribution is 2.34. The average Bonchev–Trinajstić information content (AvgIpc) is 3.15. The van der Waals surface area contributed by atoms with Gasteiger partial charge in [-0.25, -0.2) is 9.36 Å². The summed E-state index contributed by atoms with van der Waals surface area (Å²) < 4.78 is 41.9. The number of hydrogen-bond acceptors (Lipinski definition) is 4. The van der Waals surface area contributed by atoms with Crippen molar-refractivity contribution in [1.29, 1.82) is 0 Å². The van der Waals surface area contributed by atoms with Crippen molar-refractivity contribution in [2.45, 2.75) is 19.6 Å². The Hall–Kier alpha value is -3.92. The van der Waals surface area contributed by atoms with Crippen LogP contribution in [0.5, 0.6) is 0 Å². The Kier molecular flexibility index (Phi) is 6.25. The van der Waals surface area contributed by atoms with E-state index in [0.29, 0.717) is 5.69 Å². The molecule has 4 rings (SSSR count). The molecule has 2 heterocycles. The van der Waals surface area contributed by atoms with E-state index in [-0.39, 0.29) is 28.8 Å². The molecule has 0 saturated heterocycles. The zero-order valence-electron chi connectivity index (χ0n) is 17.7. The van der Waals surface area contributed by atoms with Crippen LogP contribution in [0.1, 0.15) is 27.3 Å². The van der Waals surface area contributed by atoms with Crippen LogP contribution in [0.2, 0.25) is 5.02 Å². The van der Waals surface area contributed by atoms with Gasteiger partial charge in [0.05, 0.1) is 28.5 Å². The molecule has 7 nitrogen and oxygen atoms in total. The zero-order chi connectivity index (χ0) is 24.5. The van der Waals surface area contributed by atoms with Crippen LogP contribution in [0.3, 0.4) is 0 Å². The third-order valence-corrected chi connectivity index (χ3v) is 5.17. The molecule has 0 aliphatic carbocycles. The third kappa shape index (κ3) is 5.01. The van der Waals surface area contributed by atoms with Gasteiger partial charge in [-0.2, -0.15) is 23.4 Å². The summed E-state index contributed by atoms with van der Waals surface area (Å²) in [4.78, 5) is 25.1. The lowest BCUT2D eigenvalue weighted by Crippen LogP contribution is -2.27. The second-order valence-corrected chi connectivity index (χ2v) is 7.81. The Bertz CT molecular complexity index is 1410. The highest BCUT2D eigenvalue weighted by molar-refractivity contribution is 6.32. The molecule has 34 heavy (non-hydrogen) atoms. The maximum Gasteiger partial charge on any atom is 0.416 e.